The average Bonchev–Trinajstić information content (AvgIpc) is 3.23. The van der Waals surface area contributed by atoms with Crippen LogP contribution < -0.4 is 5.32 Å². The number of hydrogen-bond donors (Lipinski definition) is 2. The number of rotatable bonds is 6. The van der Waals surface area contributed by atoms with Crippen LogP contribution in [0.15, 0.2) is 46.1 Å². The molecule has 2 aromatic heterocycles. The Morgan fingerprint density at radius 1 is 1.37 bits per heavy atom. The highest BCUT2D eigenvalue weighted by Gasteiger charge is 2.26. The summed E-state index contributed by atoms with van der Waals surface area (Å²) in [5, 5.41) is 17.3. The van der Waals surface area contributed by atoms with Crippen molar-refractivity contribution < 1.29 is 18.3 Å². The number of aromatic hydroxyl groups is 1. The van der Waals surface area contributed by atoms with Gasteiger partial charge in [-0.2, -0.15) is 11.3 Å². The van der Waals surface area contributed by atoms with E-state index >= 15 is 0 Å². The number of nitrogens with one attached hydrogen (secondary N) is 1. The molecular formula is C17H15ClN2O4S3. The zero-order chi connectivity index (χ0) is 19.6. The molecule has 0 aliphatic rings. The number of hydrogen-bond acceptors (Lipinski definition) is 7. The van der Waals surface area contributed by atoms with Crippen LogP contribution in [0.25, 0.3) is 0 Å². The summed E-state index contributed by atoms with van der Waals surface area (Å²) >= 11 is 8.48. The summed E-state index contributed by atoms with van der Waals surface area (Å²) in [4.78, 5) is 16.9. The number of carbonyl (C=O) groups excluding carboxylic acids is 1. The molecular weight excluding hydrogens is 428 g/mol. The molecule has 2 heterocycles. The predicted molar refractivity (Wildman–Crippen MR) is 108 cm³/mol. The third-order valence-corrected chi connectivity index (χ3v) is 6.72. The van der Waals surface area contributed by atoms with Gasteiger partial charge in [0.05, 0.1) is 17.0 Å². The molecule has 27 heavy (non-hydrogen) atoms. The summed E-state index contributed by atoms with van der Waals surface area (Å²) in [5.41, 5.74) is 1.28. The quantitative estimate of drug-likeness (QED) is 0.602. The number of phenolic OH excluding ortho intramolecular Hbond substituents is 1. The highest BCUT2D eigenvalue weighted by atomic mass is 35.5. The Kier molecular flexibility index (Phi) is 5.85. The second-order valence-electron chi connectivity index (χ2n) is 5.84. The van der Waals surface area contributed by atoms with Crippen LogP contribution in [0.1, 0.15) is 17.0 Å². The Morgan fingerprint density at radius 3 is 2.70 bits per heavy atom. The van der Waals surface area contributed by atoms with E-state index in [1.165, 1.54) is 35.7 Å². The van der Waals surface area contributed by atoms with Gasteiger partial charge in [0.25, 0.3) is 0 Å². The fraction of sp³-hybridized carbons (Fsp3) is 0.176. The summed E-state index contributed by atoms with van der Waals surface area (Å²) in [6.07, 6.45) is 2.84. The molecule has 0 aliphatic carbocycles. The van der Waals surface area contributed by atoms with Crippen molar-refractivity contribution >= 4 is 55.2 Å². The first kappa shape index (κ1) is 19.8. The minimum Gasteiger partial charge on any atom is -0.508 e. The first-order valence-electron chi connectivity index (χ1n) is 7.70. The largest absolute Gasteiger partial charge is 0.508 e. The Morgan fingerprint density at radius 2 is 2.15 bits per heavy atom. The van der Waals surface area contributed by atoms with Crippen molar-refractivity contribution in [3.05, 3.63) is 56.7 Å². The smallest absolute Gasteiger partial charge is 0.234 e. The molecule has 0 fully saturated rings. The molecule has 1 aromatic carbocycles. The molecule has 0 aliphatic heterocycles. The number of phenols is 1. The van der Waals surface area contributed by atoms with Gasteiger partial charge in [-0.25, -0.2) is 13.4 Å². The van der Waals surface area contributed by atoms with Crippen molar-refractivity contribution in [2.24, 2.45) is 0 Å². The van der Waals surface area contributed by atoms with Gasteiger partial charge in [-0.05, 0) is 40.9 Å². The third-order valence-electron chi connectivity index (χ3n) is 3.85. The number of amides is 1. The molecule has 10 heteroatoms. The lowest BCUT2D eigenvalue weighted by Crippen LogP contribution is -2.23. The van der Waals surface area contributed by atoms with E-state index in [-0.39, 0.29) is 16.6 Å². The number of thiazole rings is 1. The minimum absolute atomic E-state index is 0.00912. The maximum atomic E-state index is 12.9. The van der Waals surface area contributed by atoms with E-state index in [0.29, 0.717) is 21.5 Å². The number of sulfone groups is 1. The Balaban J connectivity index is 1.95. The topological polar surface area (TPSA) is 96.4 Å². The summed E-state index contributed by atoms with van der Waals surface area (Å²) in [5.74, 6) is -1.34. The van der Waals surface area contributed by atoms with Crippen LogP contribution in [0, 0.1) is 0 Å². The van der Waals surface area contributed by atoms with Gasteiger partial charge >= 0.3 is 0 Å². The van der Waals surface area contributed by atoms with E-state index in [2.05, 4.69) is 10.3 Å². The maximum absolute atomic E-state index is 12.9. The van der Waals surface area contributed by atoms with Crippen LogP contribution in [0.4, 0.5) is 5.13 Å². The molecule has 6 nitrogen and oxygen atoms in total. The van der Waals surface area contributed by atoms with Crippen LogP contribution in [0.5, 0.6) is 5.75 Å². The number of carbonyl (C=O) groups is 1. The predicted octanol–water partition coefficient (Wildman–Crippen LogP) is 3.93. The van der Waals surface area contributed by atoms with Crippen LogP contribution in [0.2, 0.25) is 4.34 Å². The van der Waals surface area contributed by atoms with Gasteiger partial charge in [-0.3, -0.25) is 4.79 Å². The lowest BCUT2D eigenvalue weighted by molar-refractivity contribution is -0.117. The average molecular weight is 443 g/mol. The molecule has 1 unspecified atom stereocenters. The fourth-order valence-electron chi connectivity index (χ4n) is 2.54. The first-order valence-corrected chi connectivity index (χ1v) is 11.7. The third kappa shape index (κ3) is 4.86. The standard InChI is InChI=1S/C17H15ClN2O4S3/c1-27(23,24)11-2-3-12(14(21)7-11)13(6-10-4-5-25-9-10)16(22)20-17-19-8-15(18)26-17/h2-5,7-9,13,21H,6H2,1H3,(H,19,20,22). The highest BCUT2D eigenvalue weighted by molar-refractivity contribution is 7.90. The van der Waals surface area contributed by atoms with Gasteiger partial charge in [-0.15, -0.1) is 0 Å². The van der Waals surface area contributed by atoms with Gasteiger partial charge < -0.3 is 10.4 Å². The van der Waals surface area contributed by atoms with E-state index in [9.17, 15) is 18.3 Å². The van der Waals surface area contributed by atoms with Crippen LogP contribution in [0.3, 0.4) is 0 Å². The van der Waals surface area contributed by atoms with Crippen molar-refractivity contribution in [2.75, 3.05) is 11.6 Å². The fourth-order valence-corrected chi connectivity index (χ4v) is 4.68. The Labute approximate surface area is 169 Å². The first-order chi connectivity index (χ1) is 12.7. The van der Waals surface area contributed by atoms with Crippen molar-refractivity contribution in [1.29, 1.82) is 0 Å². The normalized spacial score (nSPS) is 12.7. The maximum Gasteiger partial charge on any atom is 0.234 e. The van der Waals surface area contributed by atoms with Crippen LogP contribution >= 0.6 is 34.3 Å². The molecule has 0 bridgehead atoms. The Hall–Kier alpha value is -1.94. The molecule has 1 atom stereocenters. The van der Waals surface area contributed by atoms with Crippen molar-refractivity contribution in [2.45, 2.75) is 17.2 Å². The van der Waals surface area contributed by atoms with E-state index in [0.717, 1.165) is 23.2 Å². The molecule has 3 aromatic rings. The molecule has 0 spiro atoms. The lowest BCUT2D eigenvalue weighted by Gasteiger charge is -2.18. The van der Waals surface area contributed by atoms with E-state index in [1.54, 1.807) is 0 Å². The summed E-state index contributed by atoms with van der Waals surface area (Å²) in [6.45, 7) is 0. The molecule has 1 amide bonds. The number of halogens is 1. The highest BCUT2D eigenvalue weighted by Crippen LogP contribution is 2.33. The van der Waals surface area contributed by atoms with Gasteiger partial charge in [0, 0.05) is 11.8 Å². The van der Waals surface area contributed by atoms with Crippen molar-refractivity contribution in [1.82, 2.24) is 4.98 Å². The molecule has 3 rings (SSSR count). The zero-order valence-corrected chi connectivity index (χ0v) is 17.3. The SMILES string of the molecule is CS(=O)(=O)c1ccc(C(Cc2ccsc2)C(=O)Nc2ncc(Cl)s2)c(O)c1. The number of nitrogens with zero attached hydrogens (tertiary/aromatic N) is 1. The van der Waals surface area contributed by atoms with Gasteiger partial charge in [0.1, 0.15) is 10.1 Å². The summed E-state index contributed by atoms with van der Waals surface area (Å²) in [7, 11) is -3.47. The van der Waals surface area contributed by atoms with Crippen LogP contribution in [-0.4, -0.2) is 30.7 Å². The van der Waals surface area contributed by atoms with Gasteiger partial charge in [-0.1, -0.05) is 29.0 Å². The number of aromatic nitrogens is 1. The van der Waals surface area contributed by atoms with E-state index in [4.69, 9.17) is 11.6 Å². The van der Waals surface area contributed by atoms with Crippen LogP contribution in [-0.2, 0) is 21.1 Å². The molecule has 2 N–H and O–H groups in total. The Bertz CT molecular complexity index is 1060. The number of benzene rings is 1. The molecule has 0 radical (unpaired) electrons. The summed E-state index contributed by atoms with van der Waals surface area (Å²) in [6, 6.07) is 5.92. The van der Waals surface area contributed by atoms with Crippen molar-refractivity contribution in [3.8, 4) is 5.75 Å². The molecule has 142 valence electrons. The molecule has 0 saturated carbocycles. The zero-order valence-electron chi connectivity index (χ0n) is 14.0. The number of thiophene rings is 1. The van der Waals surface area contributed by atoms with Gasteiger partial charge in [0.15, 0.2) is 15.0 Å². The monoisotopic (exact) mass is 442 g/mol. The second-order valence-corrected chi connectivity index (χ2v) is 10.3. The number of anilines is 1. The minimum atomic E-state index is -3.47. The van der Waals surface area contributed by atoms with Crippen molar-refractivity contribution in [3.63, 3.8) is 0 Å². The van der Waals surface area contributed by atoms with E-state index in [1.807, 2.05) is 16.8 Å². The summed E-state index contributed by atoms with van der Waals surface area (Å²) < 4.78 is 23.8. The lowest BCUT2D eigenvalue weighted by atomic mass is 9.91. The molecule has 0 saturated heterocycles. The second kappa shape index (κ2) is 7.97. The van der Waals surface area contributed by atoms with Gasteiger partial charge in [0.2, 0.25) is 5.91 Å². The van der Waals surface area contributed by atoms with E-state index < -0.39 is 15.8 Å².